The maximum Gasteiger partial charge on any atom is 0.338 e. The van der Waals surface area contributed by atoms with E-state index >= 15 is 0 Å². The number of esters is 1. The van der Waals surface area contributed by atoms with E-state index in [0.29, 0.717) is 11.3 Å². The van der Waals surface area contributed by atoms with Crippen LogP contribution in [0, 0.1) is 6.92 Å². The van der Waals surface area contributed by atoms with Gasteiger partial charge in [0.05, 0.1) is 5.56 Å². The van der Waals surface area contributed by atoms with E-state index in [-0.39, 0.29) is 12.5 Å². The van der Waals surface area contributed by atoms with E-state index in [1.165, 1.54) is 0 Å². The fourth-order valence-electron chi connectivity index (χ4n) is 1.97. The van der Waals surface area contributed by atoms with Gasteiger partial charge >= 0.3 is 5.97 Å². The molecule has 114 valence electrons. The summed E-state index contributed by atoms with van der Waals surface area (Å²) in [5.74, 6) is -0.855. The van der Waals surface area contributed by atoms with Crippen LogP contribution in [0.15, 0.2) is 48.5 Å². The van der Waals surface area contributed by atoms with Crippen molar-refractivity contribution in [2.45, 2.75) is 20.3 Å². The van der Waals surface area contributed by atoms with Gasteiger partial charge in [-0.1, -0.05) is 36.8 Å². The normalized spacial score (nSPS) is 10.1. The lowest BCUT2D eigenvalue weighted by Crippen LogP contribution is -2.21. The van der Waals surface area contributed by atoms with E-state index in [1.807, 2.05) is 44.2 Å². The summed E-state index contributed by atoms with van der Waals surface area (Å²) >= 11 is 0. The standard InChI is InChI=1S/C18H19NO3/c1-3-14-5-4-6-16(11-14)19-17(20)12-22-18(21)15-9-7-13(2)8-10-15/h4-11H,3,12H2,1-2H3,(H,19,20). The Hall–Kier alpha value is -2.62. The van der Waals surface area contributed by atoms with Crippen molar-refractivity contribution in [2.75, 3.05) is 11.9 Å². The van der Waals surface area contributed by atoms with Gasteiger partial charge in [-0.3, -0.25) is 4.79 Å². The molecule has 0 aliphatic heterocycles. The van der Waals surface area contributed by atoms with Gasteiger partial charge in [0.1, 0.15) is 0 Å². The molecule has 2 aromatic rings. The smallest absolute Gasteiger partial charge is 0.338 e. The van der Waals surface area contributed by atoms with Crippen molar-refractivity contribution < 1.29 is 14.3 Å². The van der Waals surface area contributed by atoms with Crippen molar-refractivity contribution in [3.63, 3.8) is 0 Å². The van der Waals surface area contributed by atoms with Crippen molar-refractivity contribution in [3.05, 3.63) is 65.2 Å². The molecule has 0 aliphatic carbocycles. The second kappa shape index (κ2) is 7.41. The molecule has 0 atom stereocenters. The maximum atomic E-state index is 11.8. The molecule has 0 unspecified atom stereocenters. The molecule has 0 radical (unpaired) electrons. The quantitative estimate of drug-likeness (QED) is 0.861. The molecule has 0 aromatic heterocycles. The molecular formula is C18H19NO3. The van der Waals surface area contributed by atoms with Crippen LogP contribution in [0.25, 0.3) is 0 Å². The van der Waals surface area contributed by atoms with Crippen molar-refractivity contribution in [1.82, 2.24) is 0 Å². The third-order valence-electron chi connectivity index (χ3n) is 3.24. The Balaban J connectivity index is 1.87. The number of carbonyl (C=O) groups is 2. The van der Waals surface area contributed by atoms with Crippen molar-refractivity contribution in [2.24, 2.45) is 0 Å². The molecule has 4 nitrogen and oxygen atoms in total. The van der Waals surface area contributed by atoms with E-state index in [1.54, 1.807) is 18.2 Å². The van der Waals surface area contributed by atoms with Crippen LogP contribution in [0.2, 0.25) is 0 Å². The van der Waals surface area contributed by atoms with Crippen LogP contribution in [-0.2, 0) is 16.0 Å². The number of hydrogen-bond acceptors (Lipinski definition) is 3. The Morgan fingerprint density at radius 3 is 2.50 bits per heavy atom. The number of carbonyl (C=O) groups excluding carboxylic acids is 2. The van der Waals surface area contributed by atoms with Crippen molar-refractivity contribution in [3.8, 4) is 0 Å². The average Bonchev–Trinajstić information content (AvgIpc) is 2.53. The SMILES string of the molecule is CCc1cccc(NC(=O)COC(=O)c2ccc(C)cc2)c1. The second-order valence-electron chi connectivity index (χ2n) is 5.04. The molecule has 0 spiro atoms. The number of ether oxygens (including phenoxy) is 1. The summed E-state index contributed by atoms with van der Waals surface area (Å²) in [4.78, 5) is 23.6. The first-order chi connectivity index (χ1) is 10.6. The molecule has 0 saturated carbocycles. The van der Waals surface area contributed by atoms with E-state index in [0.717, 1.165) is 17.5 Å². The third kappa shape index (κ3) is 4.45. The zero-order valence-electron chi connectivity index (χ0n) is 12.8. The minimum absolute atomic E-state index is 0.303. The van der Waals surface area contributed by atoms with Crippen LogP contribution in [-0.4, -0.2) is 18.5 Å². The second-order valence-corrected chi connectivity index (χ2v) is 5.04. The number of anilines is 1. The number of hydrogen-bond donors (Lipinski definition) is 1. The Labute approximate surface area is 130 Å². The molecule has 0 heterocycles. The minimum Gasteiger partial charge on any atom is -0.452 e. The molecule has 0 aliphatic rings. The number of nitrogens with one attached hydrogen (secondary N) is 1. The summed E-state index contributed by atoms with van der Waals surface area (Å²) in [7, 11) is 0. The first-order valence-corrected chi connectivity index (χ1v) is 7.21. The van der Waals surface area contributed by atoms with Crippen LogP contribution in [0.1, 0.15) is 28.4 Å². The van der Waals surface area contributed by atoms with E-state index in [2.05, 4.69) is 5.32 Å². The van der Waals surface area contributed by atoms with Crippen molar-refractivity contribution >= 4 is 17.6 Å². The third-order valence-corrected chi connectivity index (χ3v) is 3.24. The van der Waals surface area contributed by atoms with E-state index < -0.39 is 5.97 Å². The van der Waals surface area contributed by atoms with Gasteiger partial charge in [0.2, 0.25) is 0 Å². The summed E-state index contributed by atoms with van der Waals surface area (Å²) in [6.07, 6.45) is 0.895. The highest BCUT2D eigenvalue weighted by atomic mass is 16.5. The topological polar surface area (TPSA) is 55.4 Å². The molecule has 2 rings (SSSR count). The molecule has 4 heteroatoms. The van der Waals surface area contributed by atoms with Crippen LogP contribution >= 0.6 is 0 Å². The van der Waals surface area contributed by atoms with Crippen LogP contribution in [0.4, 0.5) is 5.69 Å². The minimum atomic E-state index is -0.502. The van der Waals surface area contributed by atoms with E-state index in [4.69, 9.17) is 4.74 Å². The monoisotopic (exact) mass is 297 g/mol. The highest BCUT2D eigenvalue weighted by Gasteiger charge is 2.10. The molecule has 0 fully saturated rings. The summed E-state index contributed by atoms with van der Waals surface area (Å²) in [5.41, 5.74) is 3.33. The fourth-order valence-corrected chi connectivity index (χ4v) is 1.97. The molecule has 0 saturated heterocycles. The maximum absolute atomic E-state index is 11.8. The summed E-state index contributed by atoms with van der Waals surface area (Å²) < 4.78 is 5.01. The first-order valence-electron chi connectivity index (χ1n) is 7.21. The van der Waals surface area contributed by atoms with Gasteiger partial charge in [-0.25, -0.2) is 4.79 Å². The summed E-state index contributed by atoms with van der Waals surface area (Å²) in [6.45, 7) is 3.68. The predicted molar refractivity (Wildman–Crippen MR) is 85.9 cm³/mol. The van der Waals surface area contributed by atoms with Gasteiger partial charge in [-0.2, -0.15) is 0 Å². The zero-order chi connectivity index (χ0) is 15.9. The summed E-state index contributed by atoms with van der Waals surface area (Å²) in [5, 5.41) is 2.72. The van der Waals surface area contributed by atoms with Gasteiger partial charge < -0.3 is 10.1 Å². The lowest BCUT2D eigenvalue weighted by molar-refractivity contribution is -0.119. The Morgan fingerprint density at radius 2 is 1.82 bits per heavy atom. The van der Waals surface area contributed by atoms with E-state index in [9.17, 15) is 9.59 Å². The zero-order valence-corrected chi connectivity index (χ0v) is 12.8. The van der Waals surface area contributed by atoms with Gasteiger partial charge in [0, 0.05) is 5.69 Å². The largest absolute Gasteiger partial charge is 0.452 e. The van der Waals surface area contributed by atoms with Crippen LogP contribution < -0.4 is 5.32 Å². The van der Waals surface area contributed by atoms with Crippen LogP contribution in [0.3, 0.4) is 0 Å². The fraction of sp³-hybridized carbons (Fsp3) is 0.222. The molecule has 22 heavy (non-hydrogen) atoms. The first kappa shape index (κ1) is 15.8. The Morgan fingerprint density at radius 1 is 1.09 bits per heavy atom. The molecule has 1 amide bonds. The lowest BCUT2D eigenvalue weighted by atomic mass is 10.1. The number of amides is 1. The number of aryl methyl sites for hydroxylation is 2. The lowest BCUT2D eigenvalue weighted by Gasteiger charge is -2.08. The number of rotatable bonds is 5. The van der Waals surface area contributed by atoms with Gasteiger partial charge in [0.25, 0.3) is 5.91 Å². The molecule has 1 N–H and O–H groups in total. The molecular weight excluding hydrogens is 278 g/mol. The Bertz CT molecular complexity index is 662. The molecule has 2 aromatic carbocycles. The summed E-state index contributed by atoms with van der Waals surface area (Å²) in [6, 6.07) is 14.6. The van der Waals surface area contributed by atoms with Gasteiger partial charge in [-0.15, -0.1) is 0 Å². The van der Waals surface area contributed by atoms with Crippen molar-refractivity contribution in [1.29, 1.82) is 0 Å². The highest BCUT2D eigenvalue weighted by molar-refractivity contribution is 5.95. The highest BCUT2D eigenvalue weighted by Crippen LogP contribution is 2.11. The number of benzene rings is 2. The van der Waals surface area contributed by atoms with Crippen LogP contribution in [0.5, 0.6) is 0 Å². The predicted octanol–water partition coefficient (Wildman–Crippen LogP) is 3.35. The molecule has 0 bridgehead atoms. The average molecular weight is 297 g/mol. The van der Waals surface area contributed by atoms with Gasteiger partial charge in [0.15, 0.2) is 6.61 Å². The van der Waals surface area contributed by atoms with Gasteiger partial charge in [-0.05, 0) is 43.2 Å². The Kier molecular flexibility index (Phi) is 5.31.